The maximum absolute atomic E-state index is 12.5. The molecule has 0 atom stereocenters. The summed E-state index contributed by atoms with van der Waals surface area (Å²) in [5.74, 6) is 1.11. The third kappa shape index (κ3) is 5.96. The molecule has 164 valence electrons. The first-order chi connectivity index (χ1) is 14.3. The average molecular weight is 435 g/mol. The van der Waals surface area contributed by atoms with Crippen molar-refractivity contribution in [3.05, 3.63) is 53.6 Å². The van der Waals surface area contributed by atoms with Crippen molar-refractivity contribution in [3.63, 3.8) is 0 Å². The highest BCUT2D eigenvalue weighted by atomic mass is 32.2. The van der Waals surface area contributed by atoms with Gasteiger partial charge in [0.05, 0.1) is 25.5 Å². The van der Waals surface area contributed by atoms with Crippen molar-refractivity contribution in [1.82, 2.24) is 9.62 Å². The number of methoxy groups -OCH3 is 2. The van der Waals surface area contributed by atoms with Crippen LogP contribution in [0.3, 0.4) is 0 Å². The van der Waals surface area contributed by atoms with E-state index in [0.29, 0.717) is 37.6 Å². The third-order valence-electron chi connectivity index (χ3n) is 4.82. The molecule has 0 aromatic heterocycles. The molecule has 0 aliphatic rings. The van der Waals surface area contributed by atoms with Crippen molar-refractivity contribution >= 4 is 15.9 Å². The number of benzene rings is 2. The highest BCUT2D eigenvalue weighted by molar-refractivity contribution is 7.89. The first-order valence-electron chi connectivity index (χ1n) is 9.92. The van der Waals surface area contributed by atoms with Crippen LogP contribution in [-0.2, 0) is 27.7 Å². The molecule has 2 rings (SSSR count). The quantitative estimate of drug-likeness (QED) is 0.588. The first-order valence-corrected chi connectivity index (χ1v) is 11.4. The summed E-state index contributed by atoms with van der Waals surface area (Å²) >= 11 is 0. The van der Waals surface area contributed by atoms with Crippen LogP contribution < -0.4 is 14.8 Å². The molecule has 0 bridgehead atoms. The number of hydrogen-bond acceptors (Lipinski definition) is 5. The number of carbonyl (C=O) groups excluding carboxylic acids is 1. The molecular formula is C22H30N2O5S. The topological polar surface area (TPSA) is 84.9 Å². The van der Waals surface area contributed by atoms with Gasteiger partial charge in [-0.05, 0) is 41.8 Å². The Kier molecular flexibility index (Phi) is 8.68. The fourth-order valence-electron chi connectivity index (χ4n) is 3.13. The van der Waals surface area contributed by atoms with Crippen molar-refractivity contribution in [2.75, 3.05) is 33.9 Å². The molecule has 0 heterocycles. The van der Waals surface area contributed by atoms with Gasteiger partial charge >= 0.3 is 0 Å². The molecule has 0 aliphatic carbocycles. The molecule has 30 heavy (non-hydrogen) atoms. The van der Waals surface area contributed by atoms with E-state index in [2.05, 4.69) is 5.32 Å². The van der Waals surface area contributed by atoms with Gasteiger partial charge < -0.3 is 14.8 Å². The lowest BCUT2D eigenvalue weighted by molar-refractivity contribution is -0.120. The van der Waals surface area contributed by atoms with Gasteiger partial charge in [0.25, 0.3) is 0 Å². The average Bonchev–Trinajstić information content (AvgIpc) is 2.74. The zero-order valence-corrected chi connectivity index (χ0v) is 18.8. The van der Waals surface area contributed by atoms with Crippen LogP contribution in [0.15, 0.2) is 47.4 Å². The molecule has 0 radical (unpaired) electrons. The number of amides is 1. The molecule has 8 heteroatoms. The predicted octanol–water partition coefficient (Wildman–Crippen LogP) is 2.64. The summed E-state index contributed by atoms with van der Waals surface area (Å²) in [6.07, 6.45) is 0.852. The number of nitrogens with one attached hydrogen (secondary N) is 1. The highest BCUT2D eigenvalue weighted by Crippen LogP contribution is 2.27. The maximum atomic E-state index is 12.5. The molecule has 2 aromatic carbocycles. The number of hydrogen-bond donors (Lipinski definition) is 1. The molecule has 0 unspecified atom stereocenters. The molecule has 1 amide bonds. The van der Waals surface area contributed by atoms with Gasteiger partial charge in [-0.15, -0.1) is 0 Å². The van der Waals surface area contributed by atoms with E-state index in [4.69, 9.17) is 9.47 Å². The van der Waals surface area contributed by atoms with Crippen LogP contribution in [0.25, 0.3) is 0 Å². The molecular weight excluding hydrogens is 404 g/mol. The zero-order valence-electron chi connectivity index (χ0n) is 18.0. The molecule has 7 nitrogen and oxygen atoms in total. The van der Waals surface area contributed by atoms with Gasteiger partial charge in [-0.25, -0.2) is 8.42 Å². The lowest BCUT2D eigenvalue weighted by atomic mass is 10.1. The monoisotopic (exact) mass is 434 g/mol. The van der Waals surface area contributed by atoms with E-state index in [0.717, 1.165) is 11.1 Å². The van der Waals surface area contributed by atoms with E-state index in [9.17, 15) is 13.2 Å². The largest absolute Gasteiger partial charge is 0.493 e. The van der Waals surface area contributed by atoms with Crippen LogP contribution in [0.2, 0.25) is 0 Å². The predicted molar refractivity (Wildman–Crippen MR) is 117 cm³/mol. The molecule has 0 saturated carbocycles. The molecule has 0 fully saturated rings. The number of rotatable bonds is 11. The summed E-state index contributed by atoms with van der Waals surface area (Å²) in [6.45, 7) is 4.98. The highest BCUT2D eigenvalue weighted by Gasteiger charge is 2.21. The third-order valence-corrected chi connectivity index (χ3v) is 6.88. The van der Waals surface area contributed by atoms with Gasteiger partial charge in [0.2, 0.25) is 15.9 Å². The van der Waals surface area contributed by atoms with Crippen LogP contribution in [0, 0.1) is 0 Å². The number of sulfonamides is 1. The van der Waals surface area contributed by atoms with E-state index >= 15 is 0 Å². The van der Waals surface area contributed by atoms with Gasteiger partial charge in [-0.2, -0.15) is 4.31 Å². The summed E-state index contributed by atoms with van der Waals surface area (Å²) in [5, 5.41) is 2.89. The lowest BCUT2D eigenvalue weighted by Crippen LogP contribution is -2.30. The normalized spacial score (nSPS) is 11.4. The Hall–Kier alpha value is -2.58. The van der Waals surface area contributed by atoms with Crippen molar-refractivity contribution in [1.29, 1.82) is 0 Å². The second-order valence-electron chi connectivity index (χ2n) is 6.70. The summed E-state index contributed by atoms with van der Waals surface area (Å²) in [5.41, 5.74) is 1.79. The van der Waals surface area contributed by atoms with E-state index in [1.807, 2.05) is 19.9 Å². The van der Waals surface area contributed by atoms with Gasteiger partial charge in [0.1, 0.15) is 0 Å². The van der Waals surface area contributed by atoms with Crippen LogP contribution in [0.4, 0.5) is 0 Å². The molecule has 0 saturated heterocycles. The van der Waals surface area contributed by atoms with Crippen LogP contribution in [0.5, 0.6) is 11.5 Å². The lowest BCUT2D eigenvalue weighted by Gasteiger charge is -2.18. The van der Waals surface area contributed by atoms with Crippen molar-refractivity contribution < 1.29 is 22.7 Å². The van der Waals surface area contributed by atoms with Crippen molar-refractivity contribution in [2.24, 2.45) is 0 Å². The van der Waals surface area contributed by atoms with E-state index in [-0.39, 0.29) is 17.2 Å². The first kappa shape index (κ1) is 23.7. The van der Waals surface area contributed by atoms with Crippen molar-refractivity contribution in [2.45, 2.75) is 31.6 Å². The Labute approximate surface area is 179 Å². The van der Waals surface area contributed by atoms with Gasteiger partial charge in [0, 0.05) is 19.6 Å². The van der Waals surface area contributed by atoms with E-state index < -0.39 is 10.0 Å². The van der Waals surface area contributed by atoms with Gasteiger partial charge in [-0.3, -0.25) is 4.79 Å². The Morgan fingerprint density at radius 1 is 0.933 bits per heavy atom. The Balaban J connectivity index is 1.89. The second-order valence-corrected chi connectivity index (χ2v) is 8.64. The molecule has 2 aromatic rings. The SMILES string of the molecule is CCN(CC)S(=O)(=O)c1ccc(CCNC(=O)Cc2ccc(OC)c(OC)c2)cc1. The van der Waals surface area contributed by atoms with Gasteiger partial charge in [0.15, 0.2) is 11.5 Å². The number of carbonyl (C=O) groups is 1. The van der Waals surface area contributed by atoms with E-state index in [1.165, 1.54) is 4.31 Å². The van der Waals surface area contributed by atoms with Gasteiger partial charge in [-0.1, -0.05) is 32.0 Å². The Morgan fingerprint density at radius 2 is 1.53 bits per heavy atom. The minimum atomic E-state index is -3.45. The summed E-state index contributed by atoms with van der Waals surface area (Å²) < 4.78 is 36.9. The Morgan fingerprint density at radius 3 is 2.10 bits per heavy atom. The van der Waals surface area contributed by atoms with Crippen LogP contribution in [-0.4, -0.2) is 52.5 Å². The molecule has 1 N–H and O–H groups in total. The minimum absolute atomic E-state index is 0.0945. The van der Waals surface area contributed by atoms with E-state index in [1.54, 1.807) is 50.6 Å². The molecule has 0 spiro atoms. The summed E-state index contributed by atoms with van der Waals surface area (Å²) in [7, 11) is -0.332. The number of ether oxygens (including phenoxy) is 2. The minimum Gasteiger partial charge on any atom is -0.493 e. The van der Waals surface area contributed by atoms with Crippen LogP contribution in [0.1, 0.15) is 25.0 Å². The smallest absolute Gasteiger partial charge is 0.243 e. The van der Waals surface area contributed by atoms with Crippen LogP contribution >= 0.6 is 0 Å². The number of nitrogens with zero attached hydrogens (tertiary/aromatic N) is 1. The maximum Gasteiger partial charge on any atom is 0.243 e. The standard InChI is InChI=1S/C22H30N2O5S/c1-5-24(6-2)30(26,27)19-10-7-17(8-11-19)13-14-23-22(25)16-18-9-12-20(28-3)21(15-18)29-4/h7-12,15H,5-6,13-14,16H2,1-4H3,(H,23,25). The molecule has 0 aliphatic heterocycles. The second kappa shape index (κ2) is 11.0. The summed E-state index contributed by atoms with van der Waals surface area (Å²) in [4.78, 5) is 12.5. The fourth-order valence-corrected chi connectivity index (χ4v) is 4.58. The summed E-state index contributed by atoms with van der Waals surface area (Å²) in [6, 6.07) is 12.2. The zero-order chi connectivity index (χ0) is 22.1. The van der Waals surface area contributed by atoms with Crippen molar-refractivity contribution in [3.8, 4) is 11.5 Å². The fraction of sp³-hybridized carbons (Fsp3) is 0.409. The Bertz CT molecular complexity index is 939.